The zero-order valence-electron chi connectivity index (χ0n) is 7.42. The van der Waals surface area contributed by atoms with E-state index in [0.717, 1.165) is 20.0 Å². The third kappa shape index (κ3) is 2.00. The van der Waals surface area contributed by atoms with Crippen molar-refractivity contribution < 1.29 is 9.90 Å². The van der Waals surface area contributed by atoms with Gasteiger partial charge in [-0.1, -0.05) is 15.9 Å². The number of hydrogen-bond donors (Lipinski definition) is 2. The third-order valence-corrected chi connectivity index (χ3v) is 3.60. The Bertz CT molecular complexity index is 538. The van der Waals surface area contributed by atoms with Gasteiger partial charge in [0.2, 0.25) is 5.82 Å². The van der Waals surface area contributed by atoms with Crippen LogP contribution in [-0.4, -0.2) is 21.0 Å². The van der Waals surface area contributed by atoms with Crippen molar-refractivity contribution in [3.63, 3.8) is 0 Å². The first-order chi connectivity index (χ1) is 7.11. The molecule has 0 radical (unpaired) electrons. The maximum absolute atomic E-state index is 10.7. The van der Waals surface area contributed by atoms with Gasteiger partial charge in [-0.15, -0.1) is 0 Å². The Balaban J connectivity index is 2.66. The Labute approximate surface area is 107 Å². The molecule has 6 heteroatoms. The number of alkyl halides is 1. The number of nitrogens with one attached hydrogen (secondary N) is 1. The first-order valence-electron chi connectivity index (χ1n) is 4.09. The number of fused-ring (bicyclic) bond motifs is 1. The van der Waals surface area contributed by atoms with E-state index in [9.17, 15) is 4.79 Å². The summed E-state index contributed by atoms with van der Waals surface area (Å²) >= 11 is 5.58. The van der Waals surface area contributed by atoms with Crippen molar-refractivity contribution >= 4 is 55.5 Å². The van der Waals surface area contributed by atoms with Crippen LogP contribution in [0.2, 0.25) is 0 Å². The number of H-pyrrole nitrogens is 1. The second-order valence-corrected chi connectivity index (χ2v) is 4.71. The summed E-state index contributed by atoms with van der Waals surface area (Å²) in [6.45, 7) is 0. The van der Waals surface area contributed by atoms with Crippen LogP contribution in [0.25, 0.3) is 11.0 Å². The van der Waals surface area contributed by atoms with E-state index in [0.29, 0.717) is 5.52 Å². The van der Waals surface area contributed by atoms with Crippen molar-refractivity contribution in [2.24, 2.45) is 0 Å². The van der Waals surface area contributed by atoms with Gasteiger partial charge in [-0.05, 0) is 40.3 Å². The SMILES string of the molecule is O=C(O)c1nc2cc(I)c(CBr)cc2[nH]1. The summed E-state index contributed by atoms with van der Waals surface area (Å²) < 4.78 is 1.07. The summed E-state index contributed by atoms with van der Waals surface area (Å²) in [6.07, 6.45) is 0. The normalized spacial score (nSPS) is 10.8. The molecular weight excluding hydrogens is 375 g/mol. The van der Waals surface area contributed by atoms with Crippen LogP contribution in [0, 0.1) is 3.57 Å². The van der Waals surface area contributed by atoms with Crippen LogP contribution >= 0.6 is 38.5 Å². The van der Waals surface area contributed by atoms with Crippen LogP contribution in [0.4, 0.5) is 0 Å². The van der Waals surface area contributed by atoms with Gasteiger partial charge in [-0.25, -0.2) is 9.78 Å². The van der Waals surface area contributed by atoms with Crippen molar-refractivity contribution in [3.05, 3.63) is 27.1 Å². The number of carboxylic acid groups (broad SMARTS) is 1. The molecule has 0 atom stereocenters. The molecule has 0 fully saturated rings. The highest BCUT2D eigenvalue weighted by Crippen LogP contribution is 2.22. The number of imidazole rings is 1. The number of nitrogens with zero attached hydrogens (tertiary/aromatic N) is 1. The molecule has 1 aromatic carbocycles. The smallest absolute Gasteiger partial charge is 0.371 e. The van der Waals surface area contributed by atoms with Crippen molar-refractivity contribution in [3.8, 4) is 0 Å². The lowest BCUT2D eigenvalue weighted by molar-refractivity contribution is 0.0685. The van der Waals surface area contributed by atoms with Crippen molar-refractivity contribution in [1.82, 2.24) is 9.97 Å². The second kappa shape index (κ2) is 4.09. The molecule has 1 heterocycles. The zero-order chi connectivity index (χ0) is 11.0. The van der Waals surface area contributed by atoms with Gasteiger partial charge in [-0.2, -0.15) is 0 Å². The van der Waals surface area contributed by atoms with Crippen LogP contribution < -0.4 is 0 Å². The molecule has 0 spiro atoms. The summed E-state index contributed by atoms with van der Waals surface area (Å²) in [5.41, 5.74) is 2.55. The number of halogens is 2. The van der Waals surface area contributed by atoms with E-state index in [1.165, 1.54) is 0 Å². The van der Waals surface area contributed by atoms with E-state index in [1.807, 2.05) is 12.1 Å². The molecule has 4 nitrogen and oxygen atoms in total. The molecule has 15 heavy (non-hydrogen) atoms. The highest BCUT2D eigenvalue weighted by atomic mass is 127. The molecule has 2 N–H and O–H groups in total. The molecule has 0 unspecified atom stereocenters. The summed E-state index contributed by atoms with van der Waals surface area (Å²) in [4.78, 5) is 17.4. The Morgan fingerprint density at radius 1 is 1.60 bits per heavy atom. The van der Waals surface area contributed by atoms with E-state index < -0.39 is 5.97 Å². The molecule has 2 rings (SSSR count). The van der Waals surface area contributed by atoms with Crippen LogP contribution in [0.5, 0.6) is 0 Å². The number of benzene rings is 1. The molecule has 0 aliphatic carbocycles. The monoisotopic (exact) mass is 380 g/mol. The number of aromatic carboxylic acids is 1. The third-order valence-electron chi connectivity index (χ3n) is 2.00. The number of carboxylic acids is 1. The van der Waals surface area contributed by atoms with E-state index in [2.05, 4.69) is 48.5 Å². The first-order valence-corrected chi connectivity index (χ1v) is 6.29. The minimum absolute atomic E-state index is 0.0208. The van der Waals surface area contributed by atoms with Crippen molar-refractivity contribution in [2.45, 2.75) is 5.33 Å². The topological polar surface area (TPSA) is 66.0 Å². The van der Waals surface area contributed by atoms with Gasteiger partial charge in [0, 0.05) is 8.90 Å². The lowest BCUT2D eigenvalue weighted by atomic mass is 10.2. The predicted octanol–water partition coefficient (Wildman–Crippen LogP) is 2.76. The van der Waals surface area contributed by atoms with Gasteiger partial charge in [0.1, 0.15) is 0 Å². The Morgan fingerprint density at radius 3 is 2.93 bits per heavy atom. The summed E-state index contributed by atoms with van der Waals surface area (Å²) in [6, 6.07) is 3.78. The number of rotatable bonds is 2. The van der Waals surface area contributed by atoms with Gasteiger partial charge in [0.15, 0.2) is 0 Å². The standard InChI is InChI=1S/C9H6BrIN2O2/c10-3-4-1-6-7(2-5(4)11)13-8(12-6)9(14)15/h1-2H,3H2,(H,12,13)(H,14,15). The largest absolute Gasteiger partial charge is 0.475 e. The Morgan fingerprint density at radius 2 is 2.33 bits per heavy atom. The average molecular weight is 381 g/mol. The van der Waals surface area contributed by atoms with Crippen LogP contribution in [0.3, 0.4) is 0 Å². The quantitative estimate of drug-likeness (QED) is 0.621. The molecule has 1 aromatic heterocycles. The molecule has 0 aliphatic rings. The number of aromatic amines is 1. The molecular formula is C9H6BrIN2O2. The van der Waals surface area contributed by atoms with Crippen LogP contribution in [0.1, 0.15) is 16.2 Å². The molecule has 0 aliphatic heterocycles. The predicted molar refractivity (Wildman–Crippen MR) is 68.4 cm³/mol. The highest BCUT2D eigenvalue weighted by molar-refractivity contribution is 14.1. The molecule has 0 bridgehead atoms. The van der Waals surface area contributed by atoms with Gasteiger partial charge in [-0.3, -0.25) is 0 Å². The lowest BCUT2D eigenvalue weighted by Gasteiger charge is -1.98. The number of aromatic nitrogens is 2. The minimum atomic E-state index is -1.04. The van der Waals surface area contributed by atoms with Crippen molar-refractivity contribution in [2.75, 3.05) is 0 Å². The van der Waals surface area contributed by atoms with E-state index in [1.54, 1.807) is 0 Å². The van der Waals surface area contributed by atoms with Gasteiger partial charge < -0.3 is 10.1 Å². The Hall–Kier alpha value is -0.630. The second-order valence-electron chi connectivity index (χ2n) is 2.98. The van der Waals surface area contributed by atoms with Crippen molar-refractivity contribution in [1.29, 1.82) is 0 Å². The maximum atomic E-state index is 10.7. The average Bonchev–Trinajstić information content (AvgIpc) is 2.59. The number of hydrogen-bond acceptors (Lipinski definition) is 2. The summed E-state index contributed by atoms with van der Waals surface area (Å²) in [5, 5.41) is 9.52. The fraction of sp³-hybridized carbons (Fsp3) is 0.111. The Kier molecular flexibility index (Phi) is 2.96. The van der Waals surface area contributed by atoms with Gasteiger partial charge >= 0.3 is 5.97 Å². The minimum Gasteiger partial charge on any atom is -0.475 e. The maximum Gasteiger partial charge on any atom is 0.371 e. The van der Waals surface area contributed by atoms with Crippen LogP contribution in [0.15, 0.2) is 12.1 Å². The molecule has 0 saturated heterocycles. The summed E-state index contributed by atoms with van der Waals surface area (Å²) in [5.74, 6) is -1.06. The molecule has 0 saturated carbocycles. The molecule has 2 aromatic rings. The highest BCUT2D eigenvalue weighted by Gasteiger charge is 2.11. The number of carbonyl (C=O) groups is 1. The fourth-order valence-electron chi connectivity index (χ4n) is 1.28. The lowest BCUT2D eigenvalue weighted by Crippen LogP contribution is -1.97. The fourth-order valence-corrected chi connectivity index (χ4v) is 2.91. The zero-order valence-corrected chi connectivity index (χ0v) is 11.2. The van der Waals surface area contributed by atoms with Gasteiger partial charge in [0.05, 0.1) is 11.0 Å². The first kappa shape index (κ1) is 10.9. The van der Waals surface area contributed by atoms with E-state index >= 15 is 0 Å². The summed E-state index contributed by atoms with van der Waals surface area (Å²) in [7, 11) is 0. The molecule has 78 valence electrons. The van der Waals surface area contributed by atoms with E-state index in [4.69, 9.17) is 5.11 Å². The van der Waals surface area contributed by atoms with Gasteiger partial charge in [0.25, 0.3) is 0 Å². The molecule has 0 amide bonds. The van der Waals surface area contributed by atoms with Crippen LogP contribution in [-0.2, 0) is 5.33 Å². The van der Waals surface area contributed by atoms with E-state index in [-0.39, 0.29) is 5.82 Å².